The van der Waals surface area contributed by atoms with Crippen molar-refractivity contribution in [2.75, 3.05) is 29.1 Å². The lowest BCUT2D eigenvalue weighted by Gasteiger charge is -2.28. The second-order valence-corrected chi connectivity index (χ2v) is 10.5. The van der Waals surface area contributed by atoms with Gasteiger partial charge in [-0.05, 0) is 62.6 Å². The van der Waals surface area contributed by atoms with Crippen molar-refractivity contribution in [3.05, 3.63) is 90.0 Å². The lowest BCUT2D eigenvalue weighted by atomic mass is 9.86. The molecule has 3 aromatic rings. The quantitative estimate of drug-likeness (QED) is 0.384. The number of rotatable bonds is 6. The summed E-state index contributed by atoms with van der Waals surface area (Å²) in [6.45, 7) is 5.53. The van der Waals surface area contributed by atoms with E-state index in [-0.39, 0.29) is 24.3 Å². The number of hydrogen-bond acceptors (Lipinski definition) is 4. The first-order valence-electron chi connectivity index (χ1n) is 12.8. The number of benzene rings is 3. The summed E-state index contributed by atoms with van der Waals surface area (Å²) in [5, 5.41) is 11.7. The molecule has 1 aliphatic heterocycles. The maximum Gasteiger partial charge on any atom is 0.319 e. The topological polar surface area (TPSA) is 103 Å². The van der Waals surface area contributed by atoms with Crippen LogP contribution in [0.3, 0.4) is 0 Å². The number of nitrogens with zero attached hydrogens (tertiary/aromatic N) is 1. The Morgan fingerprint density at radius 1 is 0.921 bits per heavy atom. The van der Waals surface area contributed by atoms with Gasteiger partial charge in [0.1, 0.15) is 12.6 Å². The maximum absolute atomic E-state index is 14.0. The van der Waals surface area contributed by atoms with Gasteiger partial charge in [0.25, 0.3) is 0 Å². The Morgan fingerprint density at radius 2 is 1.61 bits per heavy atom. The van der Waals surface area contributed by atoms with Gasteiger partial charge in [0.2, 0.25) is 11.8 Å². The number of carbonyl (C=O) groups is 3. The van der Waals surface area contributed by atoms with Gasteiger partial charge < -0.3 is 26.2 Å². The highest BCUT2D eigenvalue weighted by Crippen LogP contribution is 2.39. The number of nitrogens with one attached hydrogen (secondary N) is 4. The molecule has 2 unspecified atom stereocenters. The highest BCUT2D eigenvalue weighted by molar-refractivity contribution is 6.05. The van der Waals surface area contributed by atoms with Crippen molar-refractivity contribution in [3.63, 3.8) is 0 Å². The molecule has 1 heterocycles. The second kappa shape index (κ2) is 11.4. The van der Waals surface area contributed by atoms with E-state index >= 15 is 0 Å². The Morgan fingerprint density at radius 3 is 2.32 bits per heavy atom. The fraction of sp³-hybridized carbons (Fsp3) is 0.300. The number of para-hydroxylation sites is 1. The van der Waals surface area contributed by atoms with Crippen LogP contribution in [0.4, 0.5) is 21.9 Å². The van der Waals surface area contributed by atoms with E-state index in [2.05, 4.69) is 21.3 Å². The van der Waals surface area contributed by atoms with Crippen molar-refractivity contribution >= 4 is 34.9 Å². The lowest BCUT2D eigenvalue weighted by Crippen LogP contribution is -2.53. The Labute approximate surface area is 223 Å². The van der Waals surface area contributed by atoms with Gasteiger partial charge in [-0.3, -0.25) is 9.59 Å². The van der Waals surface area contributed by atoms with Crippen molar-refractivity contribution in [2.45, 2.75) is 44.7 Å². The van der Waals surface area contributed by atoms with Crippen LogP contribution in [0.15, 0.2) is 78.9 Å². The Balaban J connectivity index is 1.68. The number of anilines is 3. The van der Waals surface area contributed by atoms with E-state index in [1.54, 1.807) is 19.2 Å². The molecule has 0 bridgehead atoms. The minimum absolute atomic E-state index is 0.154. The number of carbonyl (C=O) groups excluding carboxylic acids is 3. The number of amides is 4. The molecule has 0 aliphatic carbocycles. The van der Waals surface area contributed by atoms with Crippen LogP contribution in [0.2, 0.25) is 0 Å². The third kappa shape index (κ3) is 6.51. The summed E-state index contributed by atoms with van der Waals surface area (Å²) < 4.78 is 0. The fourth-order valence-corrected chi connectivity index (χ4v) is 4.76. The van der Waals surface area contributed by atoms with Crippen molar-refractivity contribution in [2.24, 2.45) is 0 Å². The van der Waals surface area contributed by atoms with Crippen LogP contribution < -0.4 is 26.2 Å². The SMILES string of the molecule is CNc1cccc(NC(=O)NC2CC(c3ccccc3)c3ccccc3N(CC(=O)NC(C)(C)C)C2=O)c1. The Kier molecular flexibility index (Phi) is 8.00. The molecule has 8 heteroatoms. The van der Waals surface area contributed by atoms with Gasteiger partial charge in [-0.1, -0.05) is 54.6 Å². The predicted octanol–water partition coefficient (Wildman–Crippen LogP) is 4.70. The van der Waals surface area contributed by atoms with Gasteiger partial charge in [0, 0.05) is 35.6 Å². The van der Waals surface area contributed by atoms with Crippen LogP contribution in [0, 0.1) is 0 Å². The summed E-state index contributed by atoms with van der Waals surface area (Å²) in [5.41, 5.74) is 3.63. The minimum atomic E-state index is -0.859. The average molecular weight is 514 g/mol. The van der Waals surface area contributed by atoms with Gasteiger partial charge >= 0.3 is 6.03 Å². The van der Waals surface area contributed by atoms with Gasteiger partial charge in [-0.2, -0.15) is 0 Å². The number of urea groups is 1. The van der Waals surface area contributed by atoms with Crippen LogP contribution in [-0.4, -0.2) is 43.0 Å². The molecule has 38 heavy (non-hydrogen) atoms. The van der Waals surface area contributed by atoms with Crippen molar-refractivity contribution < 1.29 is 14.4 Å². The van der Waals surface area contributed by atoms with Crippen molar-refractivity contribution in [1.29, 1.82) is 0 Å². The molecule has 198 valence electrons. The molecule has 8 nitrogen and oxygen atoms in total. The normalized spacial score (nSPS) is 17.2. The van der Waals surface area contributed by atoms with E-state index in [0.29, 0.717) is 17.8 Å². The summed E-state index contributed by atoms with van der Waals surface area (Å²) in [6.07, 6.45) is 0.348. The van der Waals surface area contributed by atoms with Gasteiger partial charge in [0.15, 0.2) is 0 Å². The molecule has 0 saturated carbocycles. The highest BCUT2D eigenvalue weighted by Gasteiger charge is 2.37. The first-order chi connectivity index (χ1) is 18.1. The van der Waals surface area contributed by atoms with E-state index in [1.165, 1.54) is 4.90 Å². The Hall–Kier alpha value is -4.33. The van der Waals surface area contributed by atoms with Crippen LogP contribution in [-0.2, 0) is 9.59 Å². The maximum atomic E-state index is 14.0. The molecule has 4 rings (SSSR count). The fourth-order valence-electron chi connectivity index (χ4n) is 4.76. The predicted molar refractivity (Wildman–Crippen MR) is 152 cm³/mol. The molecular weight excluding hydrogens is 478 g/mol. The number of fused-ring (bicyclic) bond motifs is 1. The van der Waals surface area contributed by atoms with Gasteiger partial charge in [-0.25, -0.2) is 4.79 Å². The first-order valence-corrected chi connectivity index (χ1v) is 12.8. The summed E-state index contributed by atoms with van der Waals surface area (Å²) in [5.74, 6) is -0.769. The van der Waals surface area contributed by atoms with Crippen LogP contribution in [0.5, 0.6) is 0 Å². The molecule has 2 atom stereocenters. The minimum Gasteiger partial charge on any atom is -0.388 e. The molecular formula is C30H35N5O3. The summed E-state index contributed by atoms with van der Waals surface area (Å²) in [7, 11) is 1.80. The molecule has 4 N–H and O–H groups in total. The molecule has 0 saturated heterocycles. The summed E-state index contributed by atoms with van der Waals surface area (Å²) >= 11 is 0. The van der Waals surface area contributed by atoms with Crippen LogP contribution in [0.1, 0.15) is 44.2 Å². The largest absolute Gasteiger partial charge is 0.388 e. The first kappa shape index (κ1) is 26.7. The zero-order valence-corrected chi connectivity index (χ0v) is 22.2. The molecule has 4 amide bonds. The van der Waals surface area contributed by atoms with E-state index in [1.807, 2.05) is 87.5 Å². The van der Waals surface area contributed by atoms with E-state index in [9.17, 15) is 14.4 Å². The zero-order valence-electron chi connectivity index (χ0n) is 22.2. The van der Waals surface area contributed by atoms with Crippen LogP contribution in [0.25, 0.3) is 0 Å². The molecule has 0 fully saturated rings. The third-order valence-electron chi connectivity index (χ3n) is 6.37. The molecule has 3 aromatic carbocycles. The average Bonchev–Trinajstić information content (AvgIpc) is 2.99. The monoisotopic (exact) mass is 513 g/mol. The second-order valence-electron chi connectivity index (χ2n) is 10.5. The van der Waals surface area contributed by atoms with E-state index in [4.69, 9.17) is 0 Å². The highest BCUT2D eigenvalue weighted by atomic mass is 16.2. The zero-order chi connectivity index (χ0) is 27.3. The van der Waals surface area contributed by atoms with Gasteiger partial charge in [0.05, 0.1) is 0 Å². The molecule has 0 spiro atoms. The molecule has 1 aliphatic rings. The van der Waals surface area contributed by atoms with E-state index < -0.39 is 17.6 Å². The Bertz CT molecular complexity index is 1300. The van der Waals surface area contributed by atoms with Crippen LogP contribution >= 0.6 is 0 Å². The summed E-state index contributed by atoms with van der Waals surface area (Å²) in [4.78, 5) is 41.5. The third-order valence-corrected chi connectivity index (χ3v) is 6.37. The smallest absolute Gasteiger partial charge is 0.319 e. The summed E-state index contributed by atoms with van der Waals surface area (Å²) in [6, 6.07) is 23.5. The molecule has 0 radical (unpaired) electrons. The lowest BCUT2D eigenvalue weighted by molar-refractivity contribution is -0.125. The number of hydrogen-bond donors (Lipinski definition) is 4. The van der Waals surface area contributed by atoms with E-state index in [0.717, 1.165) is 16.8 Å². The standard InChI is InChI=1S/C30H35N5O3/c1-30(2,3)34-27(36)19-35-26-16-9-8-15-23(26)24(20-11-6-5-7-12-20)18-25(28(35)37)33-29(38)32-22-14-10-13-21(17-22)31-4/h5-17,24-25,31H,18-19H2,1-4H3,(H,34,36)(H2,32,33,38). The molecule has 0 aromatic heterocycles. The van der Waals surface area contributed by atoms with Crippen molar-refractivity contribution in [3.8, 4) is 0 Å². The van der Waals surface area contributed by atoms with Gasteiger partial charge in [-0.15, -0.1) is 0 Å². The van der Waals surface area contributed by atoms with Crippen molar-refractivity contribution in [1.82, 2.24) is 10.6 Å².